The molecule has 0 amide bonds. The van der Waals surface area contributed by atoms with Crippen LogP contribution in [-0.2, 0) is 0 Å². The molecular formula is C16H34ClNO. The minimum absolute atomic E-state index is 0. The van der Waals surface area contributed by atoms with E-state index in [-0.39, 0.29) is 12.4 Å². The molecule has 0 aromatic heterocycles. The lowest BCUT2D eigenvalue weighted by molar-refractivity contribution is 0.151. The van der Waals surface area contributed by atoms with Gasteiger partial charge in [0.1, 0.15) is 0 Å². The van der Waals surface area contributed by atoms with Gasteiger partial charge in [-0.05, 0) is 50.6 Å². The molecule has 0 bridgehead atoms. The van der Waals surface area contributed by atoms with Gasteiger partial charge in [-0.15, -0.1) is 12.4 Å². The Labute approximate surface area is 126 Å². The molecule has 0 aliphatic carbocycles. The summed E-state index contributed by atoms with van der Waals surface area (Å²) in [6, 6.07) is 0. The highest BCUT2D eigenvalue weighted by atomic mass is 35.5. The van der Waals surface area contributed by atoms with Gasteiger partial charge in [-0.1, -0.05) is 39.5 Å². The van der Waals surface area contributed by atoms with Crippen LogP contribution in [0.2, 0.25) is 0 Å². The molecule has 1 saturated heterocycles. The fourth-order valence-electron chi connectivity index (χ4n) is 3.41. The average molecular weight is 292 g/mol. The van der Waals surface area contributed by atoms with Crippen molar-refractivity contribution in [2.75, 3.05) is 26.2 Å². The number of likely N-dealkylation sites (tertiary alicyclic amines) is 1. The predicted octanol–water partition coefficient (Wildman–Crippen LogP) is 4.11. The van der Waals surface area contributed by atoms with Gasteiger partial charge in [0.15, 0.2) is 0 Å². The van der Waals surface area contributed by atoms with Crippen LogP contribution in [0.4, 0.5) is 0 Å². The molecule has 1 aliphatic heterocycles. The molecule has 116 valence electrons. The second-order valence-corrected chi connectivity index (χ2v) is 6.04. The number of nitrogens with zero attached hydrogens (tertiary/aromatic N) is 1. The van der Waals surface area contributed by atoms with Crippen LogP contribution in [0.3, 0.4) is 0 Å². The molecule has 2 nitrogen and oxygen atoms in total. The van der Waals surface area contributed by atoms with Crippen molar-refractivity contribution in [3.63, 3.8) is 0 Å². The lowest BCUT2D eigenvalue weighted by Crippen LogP contribution is -2.35. The molecule has 1 aliphatic rings. The zero-order chi connectivity index (χ0) is 13.2. The van der Waals surface area contributed by atoms with Crippen molar-refractivity contribution in [2.45, 2.75) is 65.2 Å². The second-order valence-electron chi connectivity index (χ2n) is 6.04. The molecule has 0 saturated carbocycles. The van der Waals surface area contributed by atoms with Gasteiger partial charge >= 0.3 is 0 Å². The predicted molar refractivity (Wildman–Crippen MR) is 86.0 cm³/mol. The molecule has 1 rings (SSSR count). The first-order valence-electron chi connectivity index (χ1n) is 8.13. The fraction of sp³-hybridized carbons (Fsp3) is 1.00. The van der Waals surface area contributed by atoms with E-state index in [2.05, 4.69) is 18.7 Å². The minimum Gasteiger partial charge on any atom is -0.396 e. The van der Waals surface area contributed by atoms with Crippen molar-refractivity contribution in [3.05, 3.63) is 0 Å². The first kappa shape index (κ1) is 19.2. The number of rotatable bonds is 9. The summed E-state index contributed by atoms with van der Waals surface area (Å²) in [5, 5.41) is 8.86. The first-order chi connectivity index (χ1) is 8.80. The van der Waals surface area contributed by atoms with E-state index in [1.165, 1.54) is 58.0 Å². The van der Waals surface area contributed by atoms with Gasteiger partial charge in [-0.25, -0.2) is 0 Å². The lowest BCUT2D eigenvalue weighted by atomic mass is 9.83. The Hall–Kier alpha value is 0.210. The molecule has 0 aromatic carbocycles. The number of hydrogen-bond donors (Lipinski definition) is 1. The van der Waals surface area contributed by atoms with E-state index in [0.29, 0.717) is 6.61 Å². The largest absolute Gasteiger partial charge is 0.396 e. The molecular weight excluding hydrogens is 258 g/mol. The second kappa shape index (κ2) is 12.0. The van der Waals surface area contributed by atoms with Gasteiger partial charge in [0.05, 0.1) is 0 Å². The summed E-state index contributed by atoms with van der Waals surface area (Å²) >= 11 is 0. The maximum atomic E-state index is 8.86. The monoisotopic (exact) mass is 291 g/mol. The van der Waals surface area contributed by atoms with E-state index in [0.717, 1.165) is 24.8 Å². The fourth-order valence-corrected chi connectivity index (χ4v) is 3.41. The van der Waals surface area contributed by atoms with Crippen LogP contribution in [0.1, 0.15) is 65.2 Å². The topological polar surface area (TPSA) is 23.5 Å². The number of aliphatic hydroxyl groups is 1. The zero-order valence-corrected chi connectivity index (χ0v) is 13.8. The summed E-state index contributed by atoms with van der Waals surface area (Å²) in [7, 11) is 0. The third-order valence-corrected chi connectivity index (χ3v) is 4.40. The Bertz CT molecular complexity index is 187. The van der Waals surface area contributed by atoms with Gasteiger partial charge in [0, 0.05) is 13.2 Å². The van der Waals surface area contributed by atoms with Crippen molar-refractivity contribution >= 4 is 12.4 Å². The Morgan fingerprint density at radius 1 is 1.11 bits per heavy atom. The number of hydrogen-bond acceptors (Lipinski definition) is 2. The SMILES string of the molecule is CCCC(CCC)CC1CCN(CCCO)CC1.Cl. The smallest absolute Gasteiger partial charge is 0.0443 e. The van der Waals surface area contributed by atoms with Gasteiger partial charge in [0.2, 0.25) is 0 Å². The van der Waals surface area contributed by atoms with Crippen LogP contribution in [0.15, 0.2) is 0 Å². The number of halogens is 1. The van der Waals surface area contributed by atoms with E-state index in [4.69, 9.17) is 5.11 Å². The molecule has 19 heavy (non-hydrogen) atoms. The van der Waals surface area contributed by atoms with Crippen molar-refractivity contribution in [1.29, 1.82) is 0 Å². The molecule has 1 N–H and O–H groups in total. The highest BCUT2D eigenvalue weighted by molar-refractivity contribution is 5.85. The van der Waals surface area contributed by atoms with E-state index in [9.17, 15) is 0 Å². The number of aliphatic hydroxyl groups excluding tert-OH is 1. The van der Waals surface area contributed by atoms with E-state index >= 15 is 0 Å². The lowest BCUT2D eigenvalue weighted by Gasteiger charge is -2.33. The van der Waals surface area contributed by atoms with Crippen molar-refractivity contribution < 1.29 is 5.11 Å². The van der Waals surface area contributed by atoms with Gasteiger partial charge in [-0.3, -0.25) is 0 Å². The summed E-state index contributed by atoms with van der Waals surface area (Å²) < 4.78 is 0. The highest BCUT2D eigenvalue weighted by Crippen LogP contribution is 2.28. The van der Waals surface area contributed by atoms with Crippen LogP contribution in [0, 0.1) is 11.8 Å². The van der Waals surface area contributed by atoms with Crippen molar-refractivity contribution in [2.24, 2.45) is 11.8 Å². The maximum Gasteiger partial charge on any atom is 0.0443 e. The van der Waals surface area contributed by atoms with E-state index in [1.807, 2.05) is 0 Å². The summed E-state index contributed by atoms with van der Waals surface area (Å²) in [5.41, 5.74) is 0. The molecule has 1 heterocycles. The van der Waals surface area contributed by atoms with Crippen LogP contribution in [0.25, 0.3) is 0 Å². The van der Waals surface area contributed by atoms with Crippen LogP contribution in [0.5, 0.6) is 0 Å². The van der Waals surface area contributed by atoms with Crippen LogP contribution in [-0.4, -0.2) is 36.2 Å². The summed E-state index contributed by atoms with van der Waals surface area (Å²) in [6.07, 6.45) is 10.7. The highest BCUT2D eigenvalue weighted by Gasteiger charge is 2.21. The average Bonchev–Trinajstić information content (AvgIpc) is 2.38. The standard InChI is InChI=1S/C16H33NO.ClH/c1-3-6-15(7-4-2)14-16-8-11-17(12-9-16)10-5-13-18;/h15-16,18H,3-14H2,1-2H3;1H. The zero-order valence-electron chi connectivity index (χ0n) is 12.9. The Balaban J connectivity index is 0.00000324. The molecule has 0 radical (unpaired) electrons. The van der Waals surface area contributed by atoms with Gasteiger partial charge in [0.25, 0.3) is 0 Å². The summed E-state index contributed by atoms with van der Waals surface area (Å²) in [4.78, 5) is 2.53. The first-order valence-corrected chi connectivity index (χ1v) is 8.13. The van der Waals surface area contributed by atoms with Crippen molar-refractivity contribution in [3.8, 4) is 0 Å². The summed E-state index contributed by atoms with van der Waals surface area (Å²) in [5.74, 6) is 1.95. The molecule has 3 heteroatoms. The third kappa shape index (κ3) is 8.16. The van der Waals surface area contributed by atoms with E-state index in [1.54, 1.807) is 0 Å². The summed E-state index contributed by atoms with van der Waals surface area (Å²) in [6.45, 7) is 8.59. The molecule has 0 unspecified atom stereocenters. The molecule has 0 spiro atoms. The van der Waals surface area contributed by atoms with Gasteiger partial charge in [-0.2, -0.15) is 0 Å². The maximum absolute atomic E-state index is 8.86. The Morgan fingerprint density at radius 2 is 1.68 bits per heavy atom. The Kier molecular flexibility index (Phi) is 12.1. The van der Waals surface area contributed by atoms with Gasteiger partial charge < -0.3 is 10.0 Å². The quantitative estimate of drug-likeness (QED) is 0.691. The Morgan fingerprint density at radius 3 is 2.16 bits per heavy atom. The molecule has 0 atom stereocenters. The minimum atomic E-state index is 0. The van der Waals surface area contributed by atoms with E-state index < -0.39 is 0 Å². The molecule has 1 fully saturated rings. The van der Waals surface area contributed by atoms with Crippen molar-refractivity contribution in [1.82, 2.24) is 4.90 Å². The number of piperidine rings is 1. The van der Waals surface area contributed by atoms with Crippen LogP contribution >= 0.6 is 12.4 Å². The normalized spacial score (nSPS) is 17.7. The van der Waals surface area contributed by atoms with Crippen LogP contribution < -0.4 is 0 Å². The third-order valence-electron chi connectivity index (χ3n) is 4.40. The molecule has 0 aromatic rings.